The molecule has 3 rings (SSSR count). The number of halogens is 18. The largest absolute Gasteiger partial charge is 0.416 e. The minimum atomic E-state index is -5.33. The Kier molecular flexibility index (Phi) is 14.1. The topological polar surface area (TPSA) is 90.5 Å². The molecule has 0 aliphatic carbocycles. The molecule has 0 atom stereocenters. The van der Waals surface area contributed by atoms with E-state index in [9.17, 15) is 93.4 Å². The van der Waals surface area contributed by atoms with Gasteiger partial charge in [-0.05, 0) is 54.6 Å². The Morgan fingerprint density at radius 3 is 0.672 bits per heavy atom. The molecular weight excluding hydrogens is 842 g/mol. The Bertz CT molecular complexity index is 1640. The molecule has 0 saturated heterocycles. The average Bonchev–Trinajstić information content (AvgIpc) is 3.08. The molecule has 0 heterocycles. The van der Waals surface area contributed by atoms with Crippen molar-refractivity contribution in [3.63, 3.8) is 0 Å². The van der Waals surface area contributed by atoms with Crippen LogP contribution < -0.4 is 16.0 Å². The van der Waals surface area contributed by atoms with E-state index in [1.807, 2.05) is 16.0 Å². The second kappa shape index (κ2) is 17.3. The molecule has 0 fully saturated rings. The molecule has 3 amide bonds. The van der Waals surface area contributed by atoms with Gasteiger partial charge < -0.3 is 16.0 Å². The standard InChI is InChI=1S/C33H24F18N4O3/c34-28(35,36)19-7-16(8-20(13-19)29(37,38)39)25(56)52-1-4-55(5-2-53-26(57)17-9-21(30(40,41)42)14-22(10-17)31(43,44)45)6-3-54-27(58)18-11-23(32(46,47)48)15-24(12-18)33(49,50)51/h7-15H,1-6H2,(H,52,56)(H,53,57)(H,54,58). The number of amides is 3. The molecule has 25 heteroatoms. The van der Waals surface area contributed by atoms with Crippen LogP contribution >= 0.6 is 0 Å². The van der Waals surface area contributed by atoms with Crippen molar-refractivity contribution < 1.29 is 93.4 Å². The predicted octanol–water partition coefficient (Wildman–Crippen LogP) is 8.69. The zero-order chi connectivity index (χ0) is 44.2. The van der Waals surface area contributed by atoms with Gasteiger partial charge in [0.15, 0.2) is 0 Å². The highest BCUT2D eigenvalue weighted by Crippen LogP contribution is 2.39. The Labute approximate surface area is 313 Å². The van der Waals surface area contributed by atoms with Gasteiger partial charge in [0.25, 0.3) is 17.7 Å². The quantitative estimate of drug-likeness (QED) is 0.159. The molecule has 0 spiro atoms. The SMILES string of the molecule is O=C(NCCN(CCNC(=O)c1cc(C(F)(F)F)cc(C(F)(F)F)c1)CCNC(=O)c1cc(C(F)(F)F)cc(C(F)(F)F)c1)c1cc(C(F)(F)F)cc(C(F)(F)F)c1. The summed E-state index contributed by atoms with van der Waals surface area (Å²) < 4.78 is 238. The van der Waals surface area contributed by atoms with Gasteiger partial charge in [0.1, 0.15) is 0 Å². The van der Waals surface area contributed by atoms with Crippen LogP contribution in [0.5, 0.6) is 0 Å². The lowest BCUT2D eigenvalue weighted by atomic mass is 10.0. The van der Waals surface area contributed by atoms with E-state index in [1.165, 1.54) is 0 Å². The summed E-state index contributed by atoms with van der Waals surface area (Å²) in [5.74, 6) is -4.44. The van der Waals surface area contributed by atoms with Crippen LogP contribution in [0.3, 0.4) is 0 Å². The number of alkyl halides is 18. The Balaban J connectivity index is 1.81. The monoisotopic (exact) mass is 866 g/mol. The second-order valence-corrected chi connectivity index (χ2v) is 12.0. The molecule has 0 radical (unpaired) electrons. The molecule has 3 aromatic rings. The number of carbonyl (C=O) groups is 3. The summed E-state index contributed by atoms with van der Waals surface area (Å²) in [6.07, 6.45) is -32.0. The maximum absolute atomic E-state index is 13.2. The Morgan fingerprint density at radius 1 is 0.345 bits per heavy atom. The zero-order valence-electron chi connectivity index (χ0n) is 28.4. The van der Waals surface area contributed by atoms with E-state index in [4.69, 9.17) is 0 Å². The van der Waals surface area contributed by atoms with E-state index in [2.05, 4.69) is 0 Å². The molecular formula is C33H24F18N4O3. The van der Waals surface area contributed by atoms with E-state index >= 15 is 0 Å². The van der Waals surface area contributed by atoms with E-state index in [0.29, 0.717) is 0 Å². The smallest absolute Gasteiger partial charge is 0.351 e. The summed E-state index contributed by atoms with van der Waals surface area (Å²) in [7, 11) is 0. The third-order valence-corrected chi connectivity index (χ3v) is 7.69. The number of nitrogens with one attached hydrogen (secondary N) is 3. The van der Waals surface area contributed by atoms with Gasteiger partial charge in [-0.3, -0.25) is 19.3 Å². The maximum Gasteiger partial charge on any atom is 0.416 e. The summed E-state index contributed by atoms with van der Waals surface area (Å²) in [6.45, 7) is -3.43. The third kappa shape index (κ3) is 13.4. The van der Waals surface area contributed by atoms with E-state index in [1.54, 1.807) is 0 Å². The number of carbonyl (C=O) groups excluding carboxylic acids is 3. The number of benzene rings is 3. The lowest BCUT2D eigenvalue weighted by Crippen LogP contribution is -2.43. The van der Waals surface area contributed by atoms with Crippen molar-refractivity contribution in [3.8, 4) is 0 Å². The molecule has 0 aliphatic heterocycles. The van der Waals surface area contributed by atoms with Crippen molar-refractivity contribution in [2.45, 2.75) is 37.1 Å². The molecule has 0 aromatic heterocycles. The molecule has 0 aliphatic rings. The number of rotatable bonds is 12. The second-order valence-electron chi connectivity index (χ2n) is 12.0. The first-order chi connectivity index (χ1) is 26.3. The van der Waals surface area contributed by atoms with Gasteiger partial charge in [-0.2, -0.15) is 79.0 Å². The highest BCUT2D eigenvalue weighted by atomic mass is 19.4. The molecule has 3 aromatic carbocycles. The molecule has 0 bridgehead atoms. The average molecular weight is 867 g/mol. The fourth-order valence-corrected chi connectivity index (χ4v) is 4.88. The zero-order valence-corrected chi connectivity index (χ0v) is 28.4. The summed E-state index contributed by atoms with van der Waals surface area (Å²) in [5.41, 5.74) is -14.4. The van der Waals surface area contributed by atoms with Crippen LogP contribution in [0.4, 0.5) is 79.0 Å². The molecule has 7 nitrogen and oxygen atoms in total. The summed E-state index contributed by atoms with van der Waals surface area (Å²) in [5, 5.41) is 6.01. The van der Waals surface area contributed by atoms with E-state index in [-0.39, 0.29) is 54.6 Å². The van der Waals surface area contributed by atoms with Crippen LogP contribution in [-0.4, -0.2) is 61.9 Å². The Hall–Kier alpha value is -5.23. The first kappa shape index (κ1) is 47.1. The van der Waals surface area contributed by atoms with Gasteiger partial charge in [0, 0.05) is 56.0 Å². The van der Waals surface area contributed by atoms with Crippen molar-refractivity contribution in [1.29, 1.82) is 0 Å². The fourth-order valence-electron chi connectivity index (χ4n) is 4.88. The Morgan fingerprint density at radius 2 is 0.517 bits per heavy atom. The minimum absolute atomic E-state index is 0.101. The van der Waals surface area contributed by atoms with Crippen molar-refractivity contribution in [3.05, 3.63) is 105 Å². The molecule has 58 heavy (non-hydrogen) atoms. The van der Waals surface area contributed by atoms with Gasteiger partial charge in [-0.15, -0.1) is 0 Å². The van der Waals surface area contributed by atoms with Crippen LogP contribution in [0.2, 0.25) is 0 Å². The van der Waals surface area contributed by atoms with Crippen molar-refractivity contribution in [1.82, 2.24) is 20.9 Å². The predicted molar refractivity (Wildman–Crippen MR) is 163 cm³/mol. The van der Waals surface area contributed by atoms with Crippen molar-refractivity contribution >= 4 is 17.7 Å². The molecule has 0 saturated carbocycles. The first-order valence-electron chi connectivity index (χ1n) is 15.7. The van der Waals surface area contributed by atoms with E-state index < -0.39 is 144 Å². The minimum Gasteiger partial charge on any atom is -0.351 e. The van der Waals surface area contributed by atoms with Crippen LogP contribution in [0.1, 0.15) is 64.5 Å². The lowest BCUT2D eigenvalue weighted by molar-refractivity contribution is -0.144. The number of hydrogen-bond acceptors (Lipinski definition) is 4. The van der Waals surface area contributed by atoms with Gasteiger partial charge >= 0.3 is 37.1 Å². The van der Waals surface area contributed by atoms with Gasteiger partial charge in [-0.1, -0.05) is 0 Å². The van der Waals surface area contributed by atoms with E-state index in [0.717, 1.165) is 4.90 Å². The van der Waals surface area contributed by atoms with Gasteiger partial charge in [0.2, 0.25) is 0 Å². The van der Waals surface area contributed by atoms with Crippen LogP contribution in [0.15, 0.2) is 54.6 Å². The highest BCUT2D eigenvalue weighted by molar-refractivity contribution is 5.95. The van der Waals surface area contributed by atoms with Gasteiger partial charge in [0.05, 0.1) is 33.4 Å². The third-order valence-electron chi connectivity index (χ3n) is 7.69. The lowest BCUT2D eigenvalue weighted by Gasteiger charge is -2.23. The van der Waals surface area contributed by atoms with Crippen LogP contribution in [0.25, 0.3) is 0 Å². The van der Waals surface area contributed by atoms with Crippen LogP contribution in [-0.2, 0) is 37.1 Å². The number of nitrogens with zero attached hydrogens (tertiary/aromatic N) is 1. The van der Waals surface area contributed by atoms with Gasteiger partial charge in [-0.25, -0.2) is 0 Å². The number of hydrogen-bond donors (Lipinski definition) is 3. The normalized spacial score (nSPS) is 13.1. The fraction of sp³-hybridized carbons (Fsp3) is 0.364. The molecule has 0 unspecified atom stereocenters. The summed E-state index contributed by atoms with van der Waals surface area (Å²) in [4.78, 5) is 38.9. The van der Waals surface area contributed by atoms with Crippen LogP contribution in [0, 0.1) is 0 Å². The summed E-state index contributed by atoms with van der Waals surface area (Å²) in [6, 6.07) is -0.165. The molecule has 320 valence electrons. The van der Waals surface area contributed by atoms with Crippen molar-refractivity contribution in [2.24, 2.45) is 0 Å². The molecule has 3 N–H and O–H groups in total. The maximum atomic E-state index is 13.2. The first-order valence-corrected chi connectivity index (χ1v) is 15.7. The summed E-state index contributed by atoms with van der Waals surface area (Å²) >= 11 is 0. The van der Waals surface area contributed by atoms with Crippen molar-refractivity contribution in [2.75, 3.05) is 39.3 Å². The highest BCUT2D eigenvalue weighted by Gasteiger charge is 2.40.